The molecule has 4 aromatic rings. The Balaban J connectivity index is 1.63. The second-order valence-electron chi connectivity index (χ2n) is 8.71. The SMILES string of the molecule is COC(=O)c1ccc(NC(=O)c2cc(NC(=O)c3ccccc3C)cc(NC(=O)c3ccccc3C)c2)nc1. The number of amides is 3. The van der Waals surface area contributed by atoms with Crippen LogP contribution >= 0.6 is 0 Å². The predicted octanol–water partition coefficient (Wildman–Crippen LogP) is 5.24. The monoisotopic (exact) mass is 522 g/mol. The van der Waals surface area contributed by atoms with Crippen LogP contribution in [0.15, 0.2) is 85.1 Å². The van der Waals surface area contributed by atoms with Gasteiger partial charge in [0.05, 0.1) is 12.7 Å². The number of carbonyl (C=O) groups is 4. The Kier molecular flexibility index (Phi) is 8.11. The Morgan fingerprint density at radius 1 is 0.641 bits per heavy atom. The molecule has 9 nitrogen and oxygen atoms in total. The summed E-state index contributed by atoms with van der Waals surface area (Å²) in [4.78, 5) is 54.8. The largest absolute Gasteiger partial charge is 0.465 e. The first-order valence-electron chi connectivity index (χ1n) is 12.0. The summed E-state index contributed by atoms with van der Waals surface area (Å²) in [6.45, 7) is 3.65. The number of nitrogens with one attached hydrogen (secondary N) is 3. The summed E-state index contributed by atoms with van der Waals surface area (Å²) in [5.41, 5.74) is 3.56. The van der Waals surface area contributed by atoms with E-state index in [4.69, 9.17) is 0 Å². The Morgan fingerprint density at radius 2 is 1.18 bits per heavy atom. The molecule has 1 aromatic heterocycles. The third-order valence-corrected chi connectivity index (χ3v) is 5.92. The molecule has 0 aliphatic rings. The summed E-state index contributed by atoms with van der Waals surface area (Å²) in [5, 5.41) is 8.28. The van der Waals surface area contributed by atoms with Gasteiger partial charge >= 0.3 is 5.97 Å². The van der Waals surface area contributed by atoms with E-state index in [2.05, 4.69) is 25.7 Å². The summed E-state index contributed by atoms with van der Waals surface area (Å²) in [5.74, 6) is -1.60. The van der Waals surface area contributed by atoms with Crippen molar-refractivity contribution >= 4 is 40.9 Å². The van der Waals surface area contributed by atoms with Crippen LogP contribution < -0.4 is 16.0 Å². The fourth-order valence-corrected chi connectivity index (χ4v) is 3.85. The molecule has 1 heterocycles. The number of hydrogen-bond donors (Lipinski definition) is 3. The highest BCUT2D eigenvalue weighted by molar-refractivity contribution is 6.10. The smallest absolute Gasteiger partial charge is 0.339 e. The molecule has 0 spiro atoms. The van der Waals surface area contributed by atoms with Crippen LogP contribution in [0.2, 0.25) is 0 Å². The van der Waals surface area contributed by atoms with Gasteiger partial charge in [0.25, 0.3) is 17.7 Å². The zero-order valence-corrected chi connectivity index (χ0v) is 21.6. The molecule has 0 fully saturated rings. The minimum absolute atomic E-state index is 0.163. The van der Waals surface area contributed by atoms with Crippen molar-refractivity contribution in [1.29, 1.82) is 0 Å². The lowest BCUT2D eigenvalue weighted by atomic mass is 10.1. The Labute approximate surface area is 225 Å². The van der Waals surface area contributed by atoms with Gasteiger partial charge in [0, 0.05) is 34.3 Å². The van der Waals surface area contributed by atoms with Gasteiger partial charge in [-0.1, -0.05) is 36.4 Å². The number of nitrogens with zero attached hydrogens (tertiary/aromatic N) is 1. The van der Waals surface area contributed by atoms with Crippen molar-refractivity contribution in [2.75, 3.05) is 23.1 Å². The average Bonchev–Trinajstić information content (AvgIpc) is 2.93. The number of ether oxygens (including phenoxy) is 1. The molecule has 3 aromatic carbocycles. The quantitative estimate of drug-likeness (QED) is 0.285. The summed E-state index contributed by atoms with van der Waals surface area (Å²) in [6, 6.07) is 21.8. The van der Waals surface area contributed by atoms with Crippen molar-refractivity contribution in [3.63, 3.8) is 0 Å². The first-order chi connectivity index (χ1) is 18.7. The minimum atomic E-state index is -0.550. The molecule has 0 radical (unpaired) electrons. The van der Waals surface area contributed by atoms with Gasteiger partial charge in [0.15, 0.2) is 0 Å². The van der Waals surface area contributed by atoms with E-state index in [0.29, 0.717) is 22.5 Å². The van der Waals surface area contributed by atoms with Crippen LogP contribution in [0.5, 0.6) is 0 Å². The van der Waals surface area contributed by atoms with Crippen LogP contribution in [0.3, 0.4) is 0 Å². The fourth-order valence-electron chi connectivity index (χ4n) is 3.85. The molecule has 0 bridgehead atoms. The van der Waals surface area contributed by atoms with Gasteiger partial charge in [-0.2, -0.15) is 0 Å². The minimum Gasteiger partial charge on any atom is -0.465 e. The first kappa shape index (κ1) is 26.7. The molecule has 9 heteroatoms. The van der Waals surface area contributed by atoms with Gasteiger partial charge in [-0.15, -0.1) is 0 Å². The maximum Gasteiger partial charge on any atom is 0.339 e. The Hall–Kier alpha value is -5.31. The molecule has 3 amide bonds. The van der Waals surface area contributed by atoms with Crippen molar-refractivity contribution in [3.8, 4) is 0 Å². The molecule has 0 unspecified atom stereocenters. The molecule has 196 valence electrons. The van der Waals surface area contributed by atoms with Crippen LogP contribution in [0, 0.1) is 13.8 Å². The maximum atomic E-state index is 13.1. The zero-order valence-electron chi connectivity index (χ0n) is 21.6. The summed E-state index contributed by atoms with van der Waals surface area (Å²) in [7, 11) is 1.26. The topological polar surface area (TPSA) is 126 Å². The van der Waals surface area contributed by atoms with E-state index in [1.165, 1.54) is 37.6 Å². The van der Waals surface area contributed by atoms with Gasteiger partial charge in [-0.25, -0.2) is 9.78 Å². The van der Waals surface area contributed by atoms with Crippen LogP contribution in [-0.4, -0.2) is 35.8 Å². The lowest BCUT2D eigenvalue weighted by molar-refractivity contribution is 0.0600. The normalized spacial score (nSPS) is 10.3. The second kappa shape index (κ2) is 11.8. The number of carbonyl (C=O) groups excluding carboxylic acids is 4. The molecule has 0 saturated carbocycles. The van der Waals surface area contributed by atoms with Gasteiger partial charge in [-0.3, -0.25) is 14.4 Å². The van der Waals surface area contributed by atoms with Crippen LogP contribution in [0.4, 0.5) is 17.2 Å². The van der Waals surface area contributed by atoms with Crippen molar-refractivity contribution in [2.24, 2.45) is 0 Å². The standard InChI is InChI=1S/C30H26N4O5/c1-18-8-4-6-10-24(18)28(36)32-22-14-21(27(35)34-26-13-12-20(17-31-26)30(38)39-3)15-23(16-22)33-29(37)25-11-7-5-9-19(25)2/h4-17H,1-3H3,(H,32,36)(H,33,37)(H,31,34,35). The third kappa shape index (κ3) is 6.53. The van der Waals surface area contributed by atoms with Gasteiger partial charge < -0.3 is 20.7 Å². The maximum absolute atomic E-state index is 13.1. The summed E-state index contributed by atoms with van der Waals surface area (Å²) >= 11 is 0. The van der Waals surface area contributed by atoms with Crippen molar-refractivity contribution in [1.82, 2.24) is 4.98 Å². The number of pyridine rings is 1. The second-order valence-corrected chi connectivity index (χ2v) is 8.71. The van der Waals surface area contributed by atoms with Crippen molar-refractivity contribution < 1.29 is 23.9 Å². The number of hydrogen-bond acceptors (Lipinski definition) is 6. The van der Waals surface area contributed by atoms with E-state index in [-0.39, 0.29) is 28.8 Å². The highest BCUT2D eigenvalue weighted by atomic mass is 16.5. The Bertz CT molecular complexity index is 1490. The molecule has 39 heavy (non-hydrogen) atoms. The van der Waals surface area contributed by atoms with Crippen molar-refractivity contribution in [2.45, 2.75) is 13.8 Å². The molecular formula is C30H26N4O5. The van der Waals surface area contributed by atoms with Crippen LogP contribution in [0.25, 0.3) is 0 Å². The van der Waals surface area contributed by atoms with E-state index >= 15 is 0 Å². The molecule has 0 aliphatic carbocycles. The van der Waals surface area contributed by atoms with E-state index < -0.39 is 11.9 Å². The lowest BCUT2D eigenvalue weighted by Gasteiger charge is -2.14. The number of rotatable bonds is 7. The van der Waals surface area contributed by atoms with Crippen molar-refractivity contribution in [3.05, 3.63) is 118 Å². The molecule has 0 atom stereocenters. The van der Waals surface area contributed by atoms with Crippen LogP contribution in [-0.2, 0) is 4.74 Å². The van der Waals surface area contributed by atoms with Gasteiger partial charge in [-0.05, 0) is 67.4 Å². The average molecular weight is 523 g/mol. The molecule has 3 N–H and O–H groups in total. The van der Waals surface area contributed by atoms with E-state index in [1.807, 2.05) is 38.1 Å². The molecular weight excluding hydrogens is 496 g/mol. The number of aromatic nitrogens is 1. The third-order valence-electron chi connectivity index (χ3n) is 5.92. The lowest BCUT2D eigenvalue weighted by Crippen LogP contribution is -2.18. The van der Waals surface area contributed by atoms with E-state index in [9.17, 15) is 19.2 Å². The van der Waals surface area contributed by atoms with Crippen LogP contribution in [0.1, 0.15) is 52.6 Å². The fraction of sp³-hybridized carbons (Fsp3) is 0.100. The number of anilines is 3. The molecule has 4 rings (SSSR count). The number of benzene rings is 3. The van der Waals surface area contributed by atoms with E-state index in [0.717, 1.165) is 11.1 Å². The van der Waals surface area contributed by atoms with E-state index in [1.54, 1.807) is 30.3 Å². The zero-order chi connectivity index (χ0) is 27.9. The number of esters is 1. The first-order valence-corrected chi connectivity index (χ1v) is 12.0. The van der Waals surface area contributed by atoms with Gasteiger partial charge in [0.1, 0.15) is 5.82 Å². The number of aryl methyl sites for hydroxylation is 2. The highest BCUT2D eigenvalue weighted by Crippen LogP contribution is 2.23. The Morgan fingerprint density at radius 3 is 1.64 bits per heavy atom. The summed E-state index contributed by atoms with van der Waals surface area (Å²) in [6.07, 6.45) is 1.29. The molecule has 0 saturated heterocycles. The van der Waals surface area contributed by atoms with Gasteiger partial charge in [0.2, 0.25) is 0 Å². The molecule has 0 aliphatic heterocycles. The summed E-state index contributed by atoms with van der Waals surface area (Å²) < 4.78 is 4.66. The highest BCUT2D eigenvalue weighted by Gasteiger charge is 2.16. The number of methoxy groups -OCH3 is 1. The predicted molar refractivity (Wildman–Crippen MR) is 148 cm³/mol.